The predicted octanol–water partition coefficient (Wildman–Crippen LogP) is -0.145. The second-order valence-corrected chi connectivity index (χ2v) is 7.08. The van der Waals surface area contributed by atoms with E-state index in [1.807, 2.05) is 0 Å². The lowest BCUT2D eigenvalue weighted by molar-refractivity contribution is -0.144. The Morgan fingerprint density at radius 2 is 1.86 bits per heavy atom. The summed E-state index contributed by atoms with van der Waals surface area (Å²) in [5, 5.41) is 19.1. The molecule has 122 valence electrons. The van der Waals surface area contributed by atoms with E-state index in [-0.39, 0.29) is 24.6 Å². The summed E-state index contributed by atoms with van der Waals surface area (Å²) in [6, 6.07) is -0.417. The molecule has 2 amide bonds. The zero-order valence-electron chi connectivity index (χ0n) is 11.9. The third-order valence-electron chi connectivity index (χ3n) is 3.64. The van der Waals surface area contributed by atoms with Gasteiger partial charge in [0.25, 0.3) is 0 Å². The van der Waals surface area contributed by atoms with E-state index in [4.69, 9.17) is 10.2 Å². The Bertz CT molecular complexity index is 466. The molecule has 0 saturated heterocycles. The second-order valence-electron chi connectivity index (χ2n) is 5.35. The van der Waals surface area contributed by atoms with Gasteiger partial charge in [-0.3, -0.25) is 4.79 Å². The van der Waals surface area contributed by atoms with Crippen LogP contribution < -0.4 is 15.8 Å². The maximum atomic E-state index is 11.5. The van der Waals surface area contributed by atoms with Crippen molar-refractivity contribution in [3.05, 3.63) is 0 Å². The molecule has 8 nitrogen and oxygen atoms in total. The van der Waals surface area contributed by atoms with Crippen molar-refractivity contribution >= 4 is 22.0 Å². The Morgan fingerprint density at radius 1 is 1.19 bits per heavy atom. The normalized spacial score (nSPS) is 22.5. The Hall–Kier alpha value is -1.35. The van der Waals surface area contributed by atoms with Gasteiger partial charge in [0.05, 0.1) is 11.7 Å². The van der Waals surface area contributed by atoms with E-state index in [2.05, 4.69) is 10.6 Å². The van der Waals surface area contributed by atoms with Gasteiger partial charge in [-0.15, -0.1) is 0 Å². The first-order valence-electron chi connectivity index (χ1n) is 7.04. The van der Waals surface area contributed by atoms with Gasteiger partial charge in [0, 0.05) is 13.1 Å². The Balaban J connectivity index is 2.24. The zero-order valence-corrected chi connectivity index (χ0v) is 12.7. The molecule has 0 bridgehead atoms. The maximum Gasteiger partial charge on any atom is 0.314 e. The summed E-state index contributed by atoms with van der Waals surface area (Å²) >= 11 is 0. The average molecular weight is 321 g/mol. The summed E-state index contributed by atoms with van der Waals surface area (Å²) in [6.07, 6.45) is 3.58. The lowest BCUT2D eigenvalue weighted by Gasteiger charge is -2.28. The average Bonchev–Trinajstić information content (AvgIpc) is 2.40. The number of hydrogen-bond donors (Lipinski definition) is 4. The molecule has 0 radical (unpaired) electrons. The number of hydrogen-bond acceptors (Lipinski definition) is 4. The molecule has 5 N–H and O–H groups in total. The fourth-order valence-electron chi connectivity index (χ4n) is 2.54. The summed E-state index contributed by atoms with van der Waals surface area (Å²) in [5.74, 6) is -1.44. The van der Waals surface area contributed by atoms with Crippen molar-refractivity contribution in [3.8, 4) is 0 Å². The number of nitrogens with one attached hydrogen (secondary N) is 2. The third-order valence-corrected chi connectivity index (χ3v) is 4.50. The number of carboxylic acid groups (broad SMARTS) is 1. The van der Waals surface area contributed by atoms with Crippen LogP contribution >= 0.6 is 0 Å². The summed E-state index contributed by atoms with van der Waals surface area (Å²) in [5.41, 5.74) is 0. The molecule has 1 aliphatic rings. The van der Waals surface area contributed by atoms with Gasteiger partial charge in [-0.1, -0.05) is 12.8 Å². The Morgan fingerprint density at radius 3 is 2.48 bits per heavy atom. The summed E-state index contributed by atoms with van der Waals surface area (Å²) in [7, 11) is -3.51. The molecule has 2 atom stereocenters. The first kappa shape index (κ1) is 17.7. The van der Waals surface area contributed by atoms with Crippen LogP contribution in [0.4, 0.5) is 4.79 Å². The van der Waals surface area contributed by atoms with Crippen LogP contribution in [0.25, 0.3) is 0 Å². The molecule has 2 unspecified atom stereocenters. The topological polar surface area (TPSA) is 139 Å². The number of primary sulfonamides is 1. The second kappa shape index (κ2) is 8.18. The smallest absolute Gasteiger partial charge is 0.314 e. The van der Waals surface area contributed by atoms with Crippen LogP contribution in [-0.2, 0) is 14.8 Å². The highest BCUT2D eigenvalue weighted by atomic mass is 32.2. The van der Waals surface area contributed by atoms with Crippen molar-refractivity contribution in [2.75, 3.05) is 18.8 Å². The number of rotatable bonds is 7. The summed E-state index contributed by atoms with van der Waals surface area (Å²) < 4.78 is 21.4. The van der Waals surface area contributed by atoms with Crippen molar-refractivity contribution in [3.63, 3.8) is 0 Å². The van der Waals surface area contributed by atoms with E-state index >= 15 is 0 Å². The van der Waals surface area contributed by atoms with Crippen molar-refractivity contribution in [1.82, 2.24) is 10.6 Å². The lowest BCUT2D eigenvalue weighted by atomic mass is 9.79. The van der Waals surface area contributed by atoms with Gasteiger partial charge in [-0.05, 0) is 25.2 Å². The monoisotopic (exact) mass is 321 g/mol. The van der Waals surface area contributed by atoms with Crippen LogP contribution in [0.5, 0.6) is 0 Å². The number of carbonyl (C=O) groups excluding carboxylic acids is 1. The van der Waals surface area contributed by atoms with Crippen molar-refractivity contribution in [2.24, 2.45) is 17.0 Å². The van der Waals surface area contributed by atoms with Gasteiger partial charge in [0.1, 0.15) is 0 Å². The molecule has 0 spiro atoms. The largest absolute Gasteiger partial charge is 0.481 e. The Kier molecular flexibility index (Phi) is 6.90. The van der Waals surface area contributed by atoms with E-state index in [0.717, 1.165) is 19.3 Å². The SMILES string of the molecule is NS(=O)(=O)CCCNC(=O)NCC1CCCCC1C(=O)O. The fourth-order valence-corrected chi connectivity index (χ4v) is 3.09. The number of carbonyl (C=O) groups is 2. The first-order chi connectivity index (χ1) is 9.79. The number of sulfonamides is 1. The number of amides is 2. The molecule has 1 aliphatic carbocycles. The first-order valence-corrected chi connectivity index (χ1v) is 8.76. The fraction of sp³-hybridized carbons (Fsp3) is 0.833. The van der Waals surface area contributed by atoms with Gasteiger partial charge in [-0.25, -0.2) is 18.4 Å². The molecule has 1 fully saturated rings. The highest BCUT2D eigenvalue weighted by molar-refractivity contribution is 7.89. The number of urea groups is 1. The van der Waals surface area contributed by atoms with E-state index in [1.165, 1.54) is 0 Å². The molecular formula is C12H23N3O5S. The van der Waals surface area contributed by atoms with Crippen LogP contribution in [-0.4, -0.2) is 44.4 Å². The highest BCUT2D eigenvalue weighted by Gasteiger charge is 2.30. The maximum absolute atomic E-state index is 11.5. The standard InChI is InChI=1S/C12H23N3O5S/c13-21(19,20)7-3-6-14-12(18)15-8-9-4-1-2-5-10(9)11(16)17/h9-10H,1-8H2,(H,16,17)(H2,13,19,20)(H2,14,15,18). The van der Waals surface area contributed by atoms with Crippen molar-refractivity contribution in [2.45, 2.75) is 32.1 Å². The van der Waals surface area contributed by atoms with E-state index in [9.17, 15) is 18.0 Å². The van der Waals surface area contributed by atoms with Crippen LogP contribution in [0.2, 0.25) is 0 Å². The molecule has 1 saturated carbocycles. The van der Waals surface area contributed by atoms with Gasteiger partial charge in [0.15, 0.2) is 0 Å². The predicted molar refractivity (Wildman–Crippen MR) is 77.1 cm³/mol. The minimum absolute atomic E-state index is 0.0496. The van der Waals surface area contributed by atoms with Crippen LogP contribution in [0.3, 0.4) is 0 Å². The van der Waals surface area contributed by atoms with E-state index in [1.54, 1.807) is 0 Å². The van der Waals surface area contributed by atoms with Crippen LogP contribution in [0.1, 0.15) is 32.1 Å². The zero-order chi connectivity index (χ0) is 15.9. The Labute approximate surface area is 124 Å². The lowest BCUT2D eigenvalue weighted by Crippen LogP contribution is -2.42. The third kappa shape index (κ3) is 7.28. The van der Waals surface area contributed by atoms with Gasteiger partial charge in [0.2, 0.25) is 10.0 Å². The molecule has 0 aromatic carbocycles. The van der Waals surface area contributed by atoms with Crippen LogP contribution in [0, 0.1) is 11.8 Å². The quantitative estimate of drug-likeness (QED) is 0.483. The minimum Gasteiger partial charge on any atom is -0.481 e. The van der Waals surface area contributed by atoms with Gasteiger partial charge in [-0.2, -0.15) is 0 Å². The molecule has 1 rings (SSSR count). The molecular weight excluding hydrogens is 298 g/mol. The number of nitrogens with two attached hydrogens (primary N) is 1. The minimum atomic E-state index is -3.51. The van der Waals surface area contributed by atoms with Crippen molar-refractivity contribution < 1.29 is 23.1 Å². The molecule has 9 heteroatoms. The van der Waals surface area contributed by atoms with Gasteiger partial charge >= 0.3 is 12.0 Å². The van der Waals surface area contributed by atoms with E-state index in [0.29, 0.717) is 13.0 Å². The van der Waals surface area contributed by atoms with Crippen LogP contribution in [0.15, 0.2) is 0 Å². The molecule has 0 aromatic heterocycles. The molecule has 0 heterocycles. The highest BCUT2D eigenvalue weighted by Crippen LogP contribution is 2.29. The van der Waals surface area contributed by atoms with E-state index < -0.39 is 27.9 Å². The summed E-state index contributed by atoms with van der Waals surface area (Å²) in [6.45, 7) is 0.521. The molecule has 21 heavy (non-hydrogen) atoms. The van der Waals surface area contributed by atoms with Gasteiger partial charge < -0.3 is 15.7 Å². The van der Waals surface area contributed by atoms with Crippen molar-refractivity contribution in [1.29, 1.82) is 0 Å². The summed E-state index contributed by atoms with van der Waals surface area (Å²) in [4.78, 5) is 22.7. The molecule has 0 aromatic rings. The number of carboxylic acids is 1. The number of aliphatic carboxylic acids is 1. The molecule has 0 aliphatic heterocycles.